The second-order valence-electron chi connectivity index (χ2n) is 8.32. The average molecular weight is 451 g/mol. The predicted molar refractivity (Wildman–Crippen MR) is 113 cm³/mol. The van der Waals surface area contributed by atoms with Crippen LogP contribution in [0.25, 0.3) is 0 Å². The van der Waals surface area contributed by atoms with Crippen LogP contribution in [0.1, 0.15) is 39.1 Å². The minimum Gasteiger partial charge on any atom is -0.361 e. The van der Waals surface area contributed by atoms with Crippen LogP contribution < -0.4 is 4.72 Å². The number of hydrogen-bond donors (Lipinski definition) is 1. The van der Waals surface area contributed by atoms with Gasteiger partial charge in [0.2, 0.25) is 0 Å². The number of imidazole rings is 1. The van der Waals surface area contributed by atoms with E-state index >= 15 is 0 Å². The van der Waals surface area contributed by atoms with Gasteiger partial charge in [-0.1, -0.05) is 25.7 Å². The van der Waals surface area contributed by atoms with Gasteiger partial charge in [-0.3, -0.25) is 0 Å². The van der Waals surface area contributed by atoms with Crippen LogP contribution in [0, 0.1) is 0 Å². The molecule has 8 heteroatoms. The molecule has 1 unspecified atom stereocenters. The van der Waals surface area contributed by atoms with Gasteiger partial charge < -0.3 is 9.30 Å². The molecule has 1 rings (SSSR count). The first kappa shape index (κ1) is 22.8. The number of halogens is 1. The lowest BCUT2D eigenvalue weighted by Gasteiger charge is -2.24. The third kappa shape index (κ3) is 8.30. The highest BCUT2D eigenvalue weighted by molar-refractivity contribution is 9.10. The number of rotatable bonds is 10. The molecule has 0 aliphatic heterocycles. The number of nitrogens with one attached hydrogen (secondary N) is 1. The van der Waals surface area contributed by atoms with Crippen molar-refractivity contribution in [1.82, 2.24) is 14.3 Å². The Labute approximate surface area is 164 Å². The van der Waals surface area contributed by atoms with E-state index in [2.05, 4.69) is 51.9 Å². The predicted octanol–water partition coefficient (Wildman–Crippen LogP) is 4.63. The Balaban J connectivity index is 2.85. The standard InChI is InChI=1S/C17H32BrN3O2SSi/c1-8-9-14(20-24(22)17(2,3)4)16-19-15(18)12-21(16)13-23-10-11-25(5,6)7/h8,12,14,20H,1,9-11,13H2,2-7H3/t14?,24-/m0/s1. The Bertz CT molecular complexity index is 594. The van der Waals surface area contributed by atoms with Gasteiger partial charge in [0.05, 0.1) is 21.8 Å². The van der Waals surface area contributed by atoms with Gasteiger partial charge in [-0.25, -0.2) is 13.9 Å². The Hall–Kier alpha value is -0.283. The van der Waals surface area contributed by atoms with Crippen molar-refractivity contribution in [3.63, 3.8) is 0 Å². The van der Waals surface area contributed by atoms with E-state index in [1.165, 1.54) is 0 Å². The molecule has 144 valence electrons. The van der Waals surface area contributed by atoms with E-state index in [0.29, 0.717) is 13.2 Å². The normalized spacial score (nSPS) is 15.2. The molecule has 25 heavy (non-hydrogen) atoms. The molecule has 0 saturated carbocycles. The molecule has 0 amide bonds. The maximum Gasteiger partial charge on any atom is 0.130 e. The number of ether oxygens (including phenoxy) is 1. The smallest absolute Gasteiger partial charge is 0.130 e. The fraction of sp³-hybridized carbons (Fsp3) is 0.706. The van der Waals surface area contributed by atoms with Crippen LogP contribution in [-0.4, -0.2) is 33.2 Å². The molecule has 2 atom stereocenters. The molecule has 1 aromatic rings. The minimum atomic E-state index is -1.19. The average Bonchev–Trinajstić information content (AvgIpc) is 2.82. The molecule has 5 nitrogen and oxygen atoms in total. The van der Waals surface area contributed by atoms with E-state index < -0.39 is 19.1 Å². The molecule has 0 saturated heterocycles. The van der Waals surface area contributed by atoms with Crippen LogP contribution in [0.15, 0.2) is 23.5 Å². The first-order valence-electron chi connectivity index (χ1n) is 8.53. The molecule has 0 aliphatic rings. The molecule has 0 radical (unpaired) electrons. The summed E-state index contributed by atoms with van der Waals surface area (Å²) in [7, 11) is -2.30. The van der Waals surface area contributed by atoms with Crippen LogP contribution in [0.4, 0.5) is 0 Å². The van der Waals surface area contributed by atoms with Crippen molar-refractivity contribution in [2.45, 2.75) is 70.4 Å². The molecule has 1 N–H and O–H groups in total. The summed E-state index contributed by atoms with van der Waals surface area (Å²) >= 11 is 3.44. The first-order valence-corrected chi connectivity index (χ1v) is 14.2. The highest BCUT2D eigenvalue weighted by Gasteiger charge is 2.26. The Morgan fingerprint density at radius 3 is 2.64 bits per heavy atom. The van der Waals surface area contributed by atoms with Crippen molar-refractivity contribution in [2.24, 2.45) is 0 Å². The number of hydrogen-bond acceptors (Lipinski definition) is 3. The van der Waals surface area contributed by atoms with Gasteiger partial charge in [0.15, 0.2) is 0 Å². The molecular weight excluding hydrogens is 418 g/mol. The van der Waals surface area contributed by atoms with Gasteiger partial charge in [0.25, 0.3) is 0 Å². The van der Waals surface area contributed by atoms with Gasteiger partial charge in [-0.15, -0.1) is 6.58 Å². The highest BCUT2D eigenvalue weighted by Crippen LogP contribution is 2.23. The van der Waals surface area contributed by atoms with E-state index in [1.807, 2.05) is 37.6 Å². The van der Waals surface area contributed by atoms with Gasteiger partial charge in [-0.2, -0.15) is 0 Å². The van der Waals surface area contributed by atoms with Crippen molar-refractivity contribution < 1.29 is 8.95 Å². The van der Waals surface area contributed by atoms with Crippen molar-refractivity contribution in [2.75, 3.05) is 6.61 Å². The molecule has 0 spiro atoms. The quantitative estimate of drug-likeness (QED) is 0.321. The summed E-state index contributed by atoms with van der Waals surface area (Å²) in [6.45, 7) is 17.9. The molecule has 0 fully saturated rings. The molecule has 1 aromatic heterocycles. The lowest BCUT2D eigenvalue weighted by Crippen LogP contribution is -2.36. The Morgan fingerprint density at radius 2 is 2.12 bits per heavy atom. The van der Waals surface area contributed by atoms with Crippen molar-refractivity contribution in [3.8, 4) is 0 Å². The largest absolute Gasteiger partial charge is 0.361 e. The lowest BCUT2D eigenvalue weighted by atomic mass is 10.2. The summed E-state index contributed by atoms with van der Waals surface area (Å²) in [5.41, 5.74) is 0. The maximum atomic E-state index is 12.5. The Kier molecular flexibility index (Phi) is 8.73. The molecule has 0 aliphatic carbocycles. The molecule has 0 bridgehead atoms. The monoisotopic (exact) mass is 449 g/mol. The first-order chi connectivity index (χ1) is 11.4. The van der Waals surface area contributed by atoms with E-state index in [-0.39, 0.29) is 10.8 Å². The zero-order chi connectivity index (χ0) is 19.3. The maximum absolute atomic E-state index is 12.5. The zero-order valence-corrected chi connectivity index (χ0v) is 19.7. The fourth-order valence-corrected chi connectivity index (χ4v) is 4.00. The summed E-state index contributed by atoms with van der Waals surface area (Å²) < 4.78 is 23.9. The van der Waals surface area contributed by atoms with E-state index in [0.717, 1.165) is 23.1 Å². The fourth-order valence-electron chi connectivity index (χ4n) is 2.00. The van der Waals surface area contributed by atoms with E-state index in [4.69, 9.17) is 4.74 Å². The van der Waals surface area contributed by atoms with Gasteiger partial charge in [0, 0.05) is 20.9 Å². The van der Waals surface area contributed by atoms with Crippen LogP contribution in [0.3, 0.4) is 0 Å². The SMILES string of the molecule is C=CCC(N[S@@](=O)C(C)(C)C)c1nc(Br)cn1COCC[Si](C)(C)C. The Morgan fingerprint density at radius 1 is 1.48 bits per heavy atom. The van der Waals surface area contributed by atoms with Crippen molar-refractivity contribution in [1.29, 1.82) is 0 Å². The topological polar surface area (TPSA) is 56.2 Å². The molecule has 1 heterocycles. The molecule has 0 aromatic carbocycles. The lowest BCUT2D eigenvalue weighted by molar-refractivity contribution is 0.0841. The van der Waals surface area contributed by atoms with Crippen molar-refractivity contribution in [3.05, 3.63) is 29.3 Å². The van der Waals surface area contributed by atoms with E-state index in [1.54, 1.807) is 0 Å². The molecular formula is C17H32BrN3O2SSi. The third-order valence-electron chi connectivity index (χ3n) is 3.52. The van der Waals surface area contributed by atoms with Crippen LogP contribution in [0.5, 0.6) is 0 Å². The number of aromatic nitrogens is 2. The van der Waals surface area contributed by atoms with Gasteiger partial charge >= 0.3 is 0 Å². The van der Waals surface area contributed by atoms with Crippen LogP contribution in [-0.2, 0) is 22.5 Å². The summed E-state index contributed by atoms with van der Waals surface area (Å²) in [5, 5.41) is 0. The summed E-state index contributed by atoms with van der Waals surface area (Å²) in [5.74, 6) is 0.803. The van der Waals surface area contributed by atoms with Gasteiger partial charge in [-0.05, 0) is 49.2 Å². The number of nitrogens with zero attached hydrogens (tertiary/aromatic N) is 2. The van der Waals surface area contributed by atoms with Crippen LogP contribution >= 0.6 is 15.9 Å². The minimum absolute atomic E-state index is 0.176. The second-order valence-corrected chi connectivity index (χ2v) is 16.7. The summed E-state index contributed by atoms with van der Waals surface area (Å²) in [6, 6.07) is 0.949. The third-order valence-corrected chi connectivity index (χ3v) is 7.22. The second kappa shape index (κ2) is 9.59. The summed E-state index contributed by atoms with van der Waals surface area (Å²) in [4.78, 5) is 4.56. The van der Waals surface area contributed by atoms with Crippen molar-refractivity contribution >= 4 is 35.0 Å². The van der Waals surface area contributed by atoms with Crippen LogP contribution in [0.2, 0.25) is 25.7 Å². The zero-order valence-electron chi connectivity index (χ0n) is 16.3. The van der Waals surface area contributed by atoms with E-state index in [9.17, 15) is 4.21 Å². The van der Waals surface area contributed by atoms with Gasteiger partial charge in [0.1, 0.15) is 17.2 Å². The summed E-state index contributed by atoms with van der Waals surface area (Å²) in [6.07, 6.45) is 4.36. The highest BCUT2D eigenvalue weighted by atomic mass is 79.9.